The summed E-state index contributed by atoms with van der Waals surface area (Å²) in [6.07, 6.45) is 1.89. The Kier molecular flexibility index (Phi) is 3.82. The van der Waals surface area contributed by atoms with Gasteiger partial charge in [0.15, 0.2) is 5.82 Å². The van der Waals surface area contributed by atoms with Crippen molar-refractivity contribution < 1.29 is 4.74 Å². The Morgan fingerprint density at radius 1 is 1.28 bits per heavy atom. The molecule has 0 aliphatic heterocycles. The number of nitrogens with zero attached hydrogens (tertiary/aromatic N) is 3. The van der Waals surface area contributed by atoms with Crippen LogP contribution in [0.25, 0.3) is 0 Å². The Hall–Kier alpha value is -2.04. The van der Waals surface area contributed by atoms with Crippen molar-refractivity contribution in [2.45, 2.75) is 26.5 Å². The average Bonchev–Trinajstić information content (AvgIpc) is 2.73. The molecule has 5 heteroatoms. The topological polar surface area (TPSA) is 52.0 Å². The summed E-state index contributed by atoms with van der Waals surface area (Å²) < 4.78 is 7.48. The van der Waals surface area contributed by atoms with E-state index in [-0.39, 0.29) is 6.10 Å². The molecule has 0 saturated heterocycles. The van der Waals surface area contributed by atoms with Crippen LogP contribution in [0.2, 0.25) is 0 Å². The Bertz CT molecular complexity index is 490. The second-order valence-corrected chi connectivity index (χ2v) is 4.40. The van der Waals surface area contributed by atoms with Crippen molar-refractivity contribution in [1.29, 1.82) is 0 Å². The summed E-state index contributed by atoms with van der Waals surface area (Å²) in [4.78, 5) is 0. The van der Waals surface area contributed by atoms with E-state index in [0.29, 0.717) is 6.54 Å². The van der Waals surface area contributed by atoms with E-state index in [4.69, 9.17) is 4.74 Å². The molecule has 5 nitrogen and oxygen atoms in total. The summed E-state index contributed by atoms with van der Waals surface area (Å²) >= 11 is 0. The summed E-state index contributed by atoms with van der Waals surface area (Å²) in [7, 11) is 1.93. The summed E-state index contributed by atoms with van der Waals surface area (Å²) in [6, 6.07) is 7.90. The maximum absolute atomic E-state index is 5.58. The molecule has 1 aromatic heterocycles. The van der Waals surface area contributed by atoms with Crippen LogP contribution in [0.1, 0.15) is 19.7 Å². The minimum atomic E-state index is 0.197. The zero-order chi connectivity index (χ0) is 13.0. The lowest BCUT2D eigenvalue weighted by Gasteiger charge is -2.10. The molecule has 1 aromatic carbocycles. The Balaban J connectivity index is 1.92. The first-order valence-electron chi connectivity index (χ1n) is 5.98. The molecular weight excluding hydrogens is 228 g/mol. The zero-order valence-electron chi connectivity index (χ0n) is 10.9. The fourth-order valence-corrected chi connectivity index (χ4v) is 1.57. The van der Waals surface area contributed by atoms with Gasteiger partial charge in [0.1, 0.15) is 12.1 Å². The smallest absolute Gasteiger partial charge is 0.151 e. The van der Waals surface area contributed by atoms with Gasteiger partial charge in [-0.25, -0.2) is 0 Å². The van der Waals surface area contributed by atoms with Gasteiger partial charge in [0.25, 0.3) is 0 Å². The maximum Gasteiger partial charge on any atom is 0.151 e. The highest BCUT2D eigenvalue weighted by molar-refractivity contribution is 5.46. The fourth-order valence-electron chi connectivity index (χ4n) is 1.57. The monoisotopic (exact) mass is 246 g/mol. The predicted molar refractivity (Wildman–Crippen MR) is 70.5 cm³/mol. The number of hydrogen-bond acceptors (Lipinski definition) is 4. The standard InChI is InChI=1S/C13H18N4O/c1-10(2)18-12-6-4-11(5-7-12)14-8-13-16-15-9-17(13)3/h4-7,9-10,14H,8H2,1-3H3. The predicted octanol–water partition coefficient (Wildman–Crippen LogP) is 2.21. The number of nitrogens with one attached hydrogen (secondary N) is 1. The lowest BCUT2D eigenvalue weighted by Crippen LogP contribution is -2.07. The van der Waals surface area contributed by atoms with E-state index in [2.05, 4.69) is 15.5 Å². The molecule has 0 saturated carbocycles. The third-order valence-electron chi connectivity index (χ3n) is 2.48. The van der Waals surface area contributed by atoms with E-state index in [1.165, 1.54) is 0 Å². The van der Waals surface area contributed by atoms with Crippen molar-refractivity contribution in [2.24, 2.45) is 7.05 Å². The van der Waals surface area contributed by atoms with Gasteiger partial charge in [-0.15, -0.1) is 10.2 Å². The molecule has 0 atom stereocenters. The molecule has 1 N–H and O–H groups in total. The molecule has 0 radical (unpaired) electrons. The van der Waals surface area contributed by atoms with Crippen LogP contribution >= 0.6 is 0 Å². The number of anilines is 1. The van der Waals surface area contributed by atoms with Crippen LogP contribution < -0.4 is 10.1 Å². The molecule has 96 valence electrons. The van der Waals surface area contributed by atoms with Crippen LogP contribution in [-0.4, -0.2) is 20.9 Å². The average molecular weight is 246 g/mol. The van der Waals surface area contributed by atoms with Gasteiger partial charge in [-0.1, -0.05) is 0 Å². The second kappa shape index (κ2) is 5.53. The van der Waals surface area contributed by atoms with Crippen molar-refractivity contribution in [1.82, 2.24) is 14.8 Å². The minimum Gasteiger partial charge on any atom is -0.491 e. The first-order valence-corrected chi connectivity index (χ1v) is 5.98. The first-order chi connectivity index (χ1) is 8.65. The van der Waals surface area contributed by atoms with E-state index in [1.54, 1.807) is 6.33 Å². The lowest BCUT2D eigenvalue weighted by molar-refractivity contribution is 0.242. The molecule has 0 bridgehead atoms. The summed E-state index contributed by atoms with van der Waals surface area (Å²) in [5.74, 6) is 1.78. The van der Waals surface area contributed by atoms with Crippen LogP contribution in [0.3, 0.4) is 0 Å². The van der Waals surface area contributed by atoms with Crippen molar-refractivity contribution >= 4 is 5.69 Å². The van der Waals surface area contributed by atoms with Crippen molar-refractivity contribution in [3.05, 3.63) is 36.4 Å². The SMILES string of the molecule is CC(C)Oc1ccc(NCc2nncn2C)cc1. The number of benzene rings is 1. The minimum absolute atomic E-state index is 0.197. The van der Waals surface area contributed by atoms with Gasteiger partial charge >= 0.3 is 0 Å². The quantitative estimate of drug-likeness (QED) is 0.878. The Labute approximate surface area is 107 Å². The number of rotatable bonds is 5. The first kappa shape index (κ1) is 12.4. The van der Waals surface area contributed by atoms with Crippen LogP contribution in [0.5, 0.6) is 5.75 Å². The van der Waals surface area contributed by atoms with Crippen molar-refractivity contribution in [3.63, 3.8) is 0 Å². The normalized spacial score (nSPS) is 10.7. The fraction of sp³-hybridized carbons (Fsp3) is 0.385. The van der Waals surface area contributed by atoms with E-state index >= 15 is 0 Å². The highest BCUT2D eigenvalue weighted by atomic mass is 16.5. The number of aromatic nitrogens is 3. The molecule has 0 fully saturated rings. The van der Waals surface area contributed by atoms with Crippen molar-refractivity contribution in [2.75, 3.05) is 5.32 Å². The van der Waals surface area contributed by atoms with Gasteiger partial charge in [-0.3, -0.25) is 0 Å². The van der Waals surface area contributed by atoms with E-state index in [9.17, 15) is 0 Å². The van der Waals surface area contributed by atoms with Crippen LogP contribution in [0, 0.1) is 0 Å². The highest BCUT2D eigenvalue weighted by Crippen LogP contribution is 2.17. The summed E-state index contributed by atoms with van der Waals surface area (Å²) in [5.41, 5.74) is 1.04. The molecule has 1 heterocycles. The lowest BCUT2D eigenvalue weighted by atomic mass is 10.3. The Morgan fingerprint density at radius 2 is 2.00 bits per heavy atom. The highest BCUT2D eigenvalue weighted by Gasteiger charge is 2.01. The van der Waals surface area contributed by atoms with Crippen LogP contribution in [-0.2, 0) is 13.6 Å². The van der Waals surface area contributed by atoms with Gasteiger partial charge in [-0.05, 0) is 38.1 Å². The molecule has 0 aliphatic rings. The van der Waals surface area contributed by atoms with Crippen LogP contribution in [0.15, 0.2) is 30.6 Å². The van der Waals surface area contributed by atoms with Gasteiger partial charge in [-0.2, -0.15) is 0 Å². The summed E-state index contributed by atoms with van der Waals surface area (Å²) in [5, 5.41) is 11.1. The van der Waals surface area contributed by atoms with E-state index < -0.39 is 0 Å². The third-order valence-corrected chi connectivity index (χ3v) is 2.48. The third kappa shape index (κ3) is 3.23. The Morgan fingerprint density at radius 3 is 2.56 bits per heavy atom. The van der Waals surface area contributed by atoms with E-state index in [1.807, 2.05) is 49.7 Å². The molecule has 2 aromatic rings. The van der Waals surface area contributed by atoms with Gasteiger partial charge in [0.05, 0.1) is 12.6 Å². The molecule has 0 unspecified atom stereocenters. The van der Waals surface area contributed by atoms with Gasteiger partial charge in [0.2, 0.25) is 0 Å². The number of aryl methyl sites for hydroxylation is 1. The number of ether oxygens (including phenoxy) is 1. The zero-order valence-corrected chi connectivity index (χ0v) is 10.9. The number of hydrogen-bond donors (Lipinski definition) is 1. The largest absolute Gasteiger partial charge is 0.491 e. The summed E-state index contributed by atoms with van der Waals surface area (Å²) in [6.45, 7) is 4.68. The molecular formula is C13H18N4O. The van der Waals surface area contributed by atoms with Gasteiger partial charge in [0, 0.05) is 12.7 Å². The maximum atomic E-state index is 5.58. The molecule has 0 spiro atoms. The van der Waals surface area contributed by atoms with E-state index in [0.717, 1.165) is 17.3 Å². The van der Waals surface area contributed by atoms with Crippen LogP contribution in [0.4, 0.5) is 5.69 Å². The molecule has 2 rings (SSSR count). The second-order valence-electron chi connectivity index (χ2n) is 4.40. The molecule has 0 aliphatic carbocycles. The molecule has 18 heavy (non-hydrogen) atoms. The van der Waals surface area contributed by atoms with Gasteiger partial charge < -0.3 is 14.6 Å². The molecule has 0 amide bonds. The van der Waals surface area contributed by atoms with Crippen molar-refractivity contribution in [3.8, 4) is 5.75 Å².